The minimum Gasteiger partial charge on any atom is -0.285 e. The quantitative estimate of drug-likeness (QED) is 0.610. The fourth-order valence-corrected chi connectivity index (χ4v) is 1.48. The van der Waals surface area contributed by atoms with E-state index in [-0.39, 0.29) is 0 Å². The number of hydrogen-bond donors (Lipinski definition) is 0. The Morgan fingerprint density at radius 1 is 1.78 bits per heavy atom. The first-order chi connectivity index (χ1) is 4.38. The van der Waals surface area contributed by atoms with Crippen LogP contribution in [-0.4, -0.2) is 6.29 Å². The minimum atomic E-state index is 0.725. The van der Waals surface area contributed by atoms with Crippen molar-refractivity contribution in [3.63, 3.8) is 0 Å². The molecule has 0 aliphatic rings. The highest BCUT2D eigenvalue weighted by molar-refractivity contribution is 7.10. The molecule has 0 aliphatic carbocycles. The molecule has 0 saturated carbocycles. The van der Waals surface area contributed by atoms with E-state index in [9.17, 15) is 4.79 Å². The van der Waals surface area contributed by atoms with Crippen LogP contribution < -0.4 is 0 Å². The molecule has 2 heteroatoms. The van der Waals surface area contributed by atoms with Crippen molar-refractivity contribution in [3.8, 4) is 0 Å². The molecule has 1 radical (unpaired) electrons. The van der Waals surface area contributed by atoms with E-state index in [0.717, 1.165) is 16.9 Å². The predicted molar refractivity (Wildman–Crippen MR) is 38.5 cm³/mol. The molecule has 0 spiro atoms. The van der Waals surface area contributed by atoms with Crippen molar-refractivity contribution in [3.05, 3.63) is 21.9 Å². The van der Waals surface area contributed by atoms with Crippen LogP contribution in [0.2, 0.25) is 0 Å². The molecule has 1 rings (SSSR count). The third kappa shape index (κ3) is 1.19. The van der Waals surface area contributed by atoms with Gasteiger partial charge in [0, 0.05) is 10.4 Å². The summed E-state index contributed by atoms with van der Waals surface area (Å²) in [6.07, 6.45) is 2.82. The molecule has 1 nitrogen and oxygen atoms in total. The van der Waals surface area contributed by atoms with Crippen LogP contribution in [0.25, 0.3) is 0 Å². The highest BCUT2D eigenvalue weighted by Crippen LogP contribution is 2.14. The Bertz CT molecular complexity index is 202. The summed E-state index contributed by atoms with van der Waals surface area (Å²) in [5.74, 6) is 0. The van der Waals surface area contributed by atoms with Crippen LogP contribution in [-0.2, 0) is 11.2 Å². The Kier molecular flexibility index (Phi) is 2.01. The number of aryl methyl sites for hydroxylation is 1. The third-order valence-corrected chi connectivity index (χ3v) is 2.24. The van der Waals surface area contributed by atoms with Crippen LogP contribution in [0.4, 0.5) is 0 Å². The third-order valence-electron chi connectivity index (χ3n) is 1.18. The second-order valence-electron chi connectivity index (χ2n) is 1.71. The van der Waals surface area contributed by atoms with Crippen LogP contribution in [0.1, 0.15) is 17.4 Å². The van der Waals surface area contributed by atoms with E-state index in [2.05, 4.69) is 0 Å². The van der Waals surface area contributed by atoms with Gasteiger partial charge in [0.15, 0.2) is 0 Å². The monoisotopic (exact) mass is 139 g/mol. The molecular weight excluding hydrogens is 132 g/mol. The molecule has 0 aliphatic heterocycles. The standard InChI is InChI=1S/C7H7OS/c1-2-7-6(5-8)3-4-9-7/h3-4H,2H2,1H3. The Morgan fingerprint density at radius 2 is 2.56 bits per heavy atom. The second kappa shape index (κ2) is 2.78. The summed E-state index contributed by atoms with van der Waals surface area (Å²) in [7, 11) is 0. The normalized spacial score (nSPS) is 9.44. The van der Waals surface area contributed by atoms with Crippen LogP contribution >= 0.6 is 11.3 Å². The predicted octanol–water partition coefficient (Wildman–Crippen LogP) is 1.77. The molecule has 0 N–H and O–H groups in total. The van der Waals surface area contributed by atoms with E-state index < -0.39 is 0 Å². The summed E-state index contributed by atoms with van der Waals surface area (Å²) >= 11 is 1.61. The lowest BCUT2D eigenvalue weighted by molar-refractivity contribution is 0.562. The van der Waals surface area contributed by atoms with Gasteiger partial charge in [-0.05, 0) is 17.9 Å². The van der Waals surface area contributed by atoms with Crippen molar-refractivity contribution < 1.29 is 4.79 Å². The van der Waals surface area contributed by atoms with Gasteiger partial charge in [-0.15, -0.1) is 11.3 Å². The van der Waals surface area contributed by atoms with E-state index in [1.807, 2.05) is 18.6 Å². The van der Waals surface area contributed by atoms with Gasteiger partial charge in [-0.2, -0.15) is 0 Å². The van der Waals surface area contributed by atoms with Crippen molar-refractivity contribution in [2.24, 2.45) is 0 Å². The zero-order valence-corrected chi connectivity index (χ0v) is 5.99. The maximum absolute atomic E-state index is 10.1. The molecular formula is C7H7OS. The number of carbonyl (C=O) groups excluding carboxylic acids is 1. The SMILES string of the molecule is CCc1sccc1[C]=O. The molecule has 9 heavy (non-hydrogen) atoms. The zero-order chi connectivity index (χ0) is 6.69. The second-order valence-corrected chi connectivity index (χ2v) is 2.71. The fraction of sp³-hybridized carbons (Fsp3) is 0.286. The van der Waals surface area contributed by atoms with Gasteiger partial charge in [-0.3, -0.25) is 4.79 Å². The largest absolute Gasteiger partial charge is 0.285 e. The maximum atomic E-state index is 10.1. The van der Waals surface area contributed by atoms with Crippen LogP contribution in [0, 0.1) is 0 Å². The van der Waals surface area contributed by atoms with E-state index in [4.69, 9.17) is 0 Å². The first-order valence-corrected chi connectivity index (χ1v) is 3.71. The lowest BCUT2D eigenvalue weighted by Crippen LogP contribution is -1.80. The van der Waals surface area contributed by atoms with E-state index in [0.29, 0.717) is 0 Å². The number of thiophene rings is 1. The van der Waals surface area contributed by atoms with Gasteiger partial charge in [0.2, 0.25) is 6.29 Å². The van der Waals surface area contributed by atoms with Crippen molar-refractivity contribution in [1.82, 2.24) is 0 Å². The van der Waals surface area contributed by atoms with Gasteiger partial charge in [0.1, 0.15) is 0 Å². The molecule has 47 valence electrons. The lowest BCUT2D eigenvalue weighted by Gasteiger charge is -1.85. The van der Waals surface area contributed by atoms with Gasteiger partial charge >= 0.3 is 0 Å². The van der Waals surface area contributed by atoms with Crippen molar-refractivity contribution >= 4 is 17.6 Å². The van der Waals surface area contributed by atoms with Gasteiger partial charge < -0.3 is 0 Å². The Balaban J connectivity index is 2.98. The molecule has 0 fully saturated rings. The summed E-state index contributed by atoms with van der Waals surface area (Å²) in [6.45, 7) is 2.03. The van der Waals surface area contributed by atoms with Crippen molar-refractivity contribution in [2.45, 2.75) is 13.3 Å². The van der Waals surface area contributed by atoms with Gasteiger partial charge in [-0.1, -0.05) is 6.92 Å². The Morgan fingerprint density at radius 3 is 3.00 bits per heavy atom. The highest BCUT2D eigenvalue weighted by Gasteiger charge is 1.98. The average Bonchev–Trinajstić information content (AvgIpc) is 2.33. The summed E-state index contributed by atoms with van der Waals surface area (Å²) in [4.78, 5) is 11.3. The van der Waals surface area contributed by atoms with Gasteiger partial charge in [0.05, 0.1) is 0 Å². The molecule has 0 atom stereocenters. The first kappa shape index (κ1) is 6.49. The maximum Gasteiger partial charge on any atom is 0.234 e. The highest BCUT2D eigenvalue weighted by atomic mass is 32.1. The molecule has 1 heterocycles. The van der Waals surface area contributed by atoms with Gasteiger partial charge in [0.25, 0.3) is 0 Å². The van der Waals surface area contributed by atoms with E-state index in [1.54, 1.807) is 17.4 Å². The minimum absolute atomic E-state index is 0.725. The smallest absolute Gasteiger partial charge is 0.234 e. The molecule has 1 aromatic rings. The van der Waals surface area contributed by atoms with E-state index >= 15 is 0 Å². The molecule has 0 unspecified atom stereocenters. The number of rotatable bonds is 2. The first-order valence-electron chi connectivity index (χ1n) is 2.83. The number of hydrogen-bond acceptors (Lipinski definition) is 2. The van der Waals surface area contributed by atoms with Crippen molar-refractivity contribution in [1.29, 1.82) is 0 Å². The van der Waals surface area contributed by atoms with Gasteiger partial charge in [-0.25, -0.2) is 0 Å². The molecule has 0 saturated heterocycles. The molecule has 0 bridgehead atoms. The Labute approximate surface area is 58.3 Å². The topological polar surface area (TPSA) is 17.1 Å². The lowest BCUT2D eigenvalue weighted by atomic mass is 10.2. The average molecular weight is 139 g/mol. The van der Waals surface area contributed by atoms with Crippen LogP contribution in [0.15, 0.2) is 11.4 Å². The summed E-state index contributed by atoms with van der Waals surface area (Å²) in [5, 5.41) is 1.92. The van der Waals surface area contributed by atoms with Crippen LogP contribution in [0.3, 0.4) is 0 Å². The van der Waals surface area contributed by atoms with E-state index in [1.165, 1.54) is 0 Å². The summed E-state index contributed by atoms with van der Waals surface area (Å²) < 4.78 is 0. The summed E-state index contributed by atoms with van der Waals surface area (Å²) in [6, 6.07) is 1.80. The zero-order valence-electron chi connectivity index (χ0n) is 5.18. The molecule has 1 aromatic heterocycles. The summed E-state index contributed by atoms with van der Waals surface area (Å²) in [5.41, 5.74) is 0.725. The fourth-order valence-electron chi connectivity index (χ4n) is 0.705. The van der Waals surface area contributed by atoms with Crippen LogP contribution in [0.5, 0.6) is 0 Å². The molecule has 0 amide bonds. The molecule has 0 aromatic carbocycles. The van der Waals surface area contributed by atoms with Crippen molar-refractivity contribution in [2.75, 3.05) is 0 Å². The Hall–Kier alpha value is -0.630.